The van der Waals surface area contributed by atoms with E-state index in [2.05, 4.69) is 5.16 Å². The smallest absolute Gasteiger partial charge is 0.301 e. The Balaban J connectivity index is 1.91. The van der Waals surface area contributed by atoms with Crippen molar-refractivity contribution in [1.29, 1.82) is 0 Å². The van der Waals surface area contributed by atoms with Crippen molar-refractivity contribution < 1.29 is 28.3 Å². The fourth-order valence-corrected chi connectivity index (χ4v) is 3.40. The summed E-state index contributed by atoms with van der Waals surface area (Å²) < 4.78 is 23.7. The number of carbonyl (C=O) groups is 2. The maximum atomic E-state index is 13.5. The molecule has 0 radical (unpaired) electrons. The number of nitrogens with zero attached hydrogens (tertiary/aromatic N) is 2. The number of hydrogen-bond donors (Lipinski definition) is 1. The summed E-state index contributed by atoms with van der Waals surface area (Å²) in [5.41, 5.74) is 0.640. The van der Waals surface area contributed by atoms with Crippen LogP contribution in [0.15, 0.2) is 64.7 Å². The molecule has 4 rings (SSSR count). The summed E-state index contributed by atoms with van der Waals surface area (Å²) in [7, 11) is 1.51. The van der Waals surface area contributed by atoms with Crippen LogP contribution in [0, 0.1) is 12.7 Å². The van der Waals surface area contributed by atoms with Gasteiger partial charge in [0.1, 0.15) is 23.1 Å². The highest BCUT2D eigenvalue weighted by Gasteiger charge is 2.48. The van der Waals surface area contributed by atoms with Gasteiger partial charge in [-0.25, -0.2) is 4.39 Å². The molecule has 0 spiro atoms. The molecular formula is C22H17FN2O5. The Morgan fingerprint density at radius 3 is 2.37 bits per heavy atom. The van der Waals surface area contributed by atoms with Crippen molar-refractivity contribution in [2.75, 3.05) is 12.0 Å². The van der Waals surface area contributed by atoms with Crippen LogP contribution >= 0.6 is 0 Å². The van der Waals surface area contributed by atoms with Gasteiger partial charge < -0.3 is 14.4 Å². The monoisotopic (exact) mass is 408 g/mol. The number of benzene rings is 2. The van der Waals surface area contributed by atoms with Crippen molar-refractivity contribution in [2.45, 2.75) is 13.0 Å². The average Bonchev–Trinajstić information content (AvgIpc) is 3.29. The number of hydrogen-bond acceptors (Lipinski definition) is 6. The summed E-state index contributed by atoms with van der Waals surface area (Å²) in [6, 6.07) is 12.2. The van der Waals surface area contributed by atoms with Gasteiger partial charge in [-0.2, -0.15) is 0 Å². The molecule has 1 aliphatic heterocycles. The van der Waals surface area contributed by atoms with E-state index in [9.17, 15) is 19.1 Å². The van der Waals surface area contributed by atoms with Crippen molar-refractivity contribution in [3.05, 3.63) is 82.9 Å². The van der Waals surface area contributed by atoms with Gasteiger partial charge >= 0.3 is 5.91 Å². The molecular weight excluding hydrogens is 391 g/mol. The van der Waals surface area contributed by atoms with E-state index in [4.69, 9.17) is 9.26 Å². The highest BCUT2D eigenvalue weighted by atomic mass is 19.1. The van der Waals surface area contributed by atoms with Crippen LogP contribution in [0.2, 0.25) is 0 Å². The van der Waals surface area contributed by atoms with Crippen molar-refractivity contribution >= 4 is 23.3 Å². The minimum atomic E-state index is -1.00. The molecule has 1 fully saturated rings. The van der Waals surface area contributed by atoms with E-state index in [0.717, 1.165) is 4.90 Å². The van der Waals surface area contributed by atoms with Crippen LogP contribution in [0.25, 0.3) is 5.76 Å². The largest absolute Gasteiger partial charge is 0.507 e. The van der Waals surface area contributed by atoms with Gasteiger partial charge in [0.05, 0.1) is 18.7 Å². The first kappa shape index (κ1) is 19.4. The zero-order chi connectivity index (χ0) is 21.4. The number of anilines is 1. The summed E-state index contributed by atoms with van der Waals surface area (Å²) >= 11 is 0. The molecule has 152 valence electrons. The standard InChI is InChI=1S/C22H17FN2O5/c1-12-11-17(24-30-12)25-19(13-3-7-15(23)8-4-13)18(21(27)22(25)28)20(26)14-5-9-16(29-2)10-6-14/h3-11,19,26H,1-2H3. The first-order chi connectivity index (χ1) is 14.4. The van der Waals surface area contributed by atoms with E-state index in [1.807, 2.05) is 0 Å². The number of aliphatic hydroxyl groups excluding tert-OH is 1. The Labute approximate surface area is 171 Å². The van der Waals surface area contributed by atoms with E-state index >= 15 is 0 Å². The first-order valence-corrected chi connectivity index (χ1v) is 9.05. The molecule has 1 saturated heterocycles. The predicted molar refractivity (Wildman–Crippen MR) is 105 cm³/mol. The number of rotatable bonds is 4. The van der Waals surface area contributed by atoms with Gasteiger partial charge in [-0.15, -0.1) is 0 Å². The van der Waals surface area contributed by atoms with E-state index < -0.39 is 23.5 Å². The second-order valence-corrected chi connectivity index (χ2v) is 6.74. The van der Waals surface area contributed by atoms with Crippen molar-refractivity contribution in [2.24, 2.45) is 0 Å². The highest BCUT2D eigenvalue weighted by Crippen LogP contribution is 2.42. The maximum absolute atomic E-state index is 13.5. The lowest BCUT2D eigenvalue weighted by Gasteiger charge is -2.22. The van der Waals surface area contributed by atoms with Crippen LogP contribution < -0.4 is 9.64 Å². The fraction of sp³-hybridized carbons (Fsp3) is 0.136. The molecule has 3 aromatic rings. The van der Waals surface area contributed by atoms with Gasteiger partial charge in [0.15, 0.2) is 5.82 Å². The number of Topliss-reactive ketones (excluding diaryl/α,β-unsaturated/α-hetero) is 1. The Morgan fingerprint density at radius 1 is 1.13 bits per heavy atom. The predicted octanol–water partition coefficient (Wildman–Crippen LogP) is 3.76. The topological polar surface area (TPSA) is 92.9 Å². The number of methoxy groups -OCH3 is 1. The normalized spacial score (nSPS) is 18.1. The lowest BCUT2D eigenvalue weighted by Crippen LogP contribution is -2.29. The van der Waals surface area contributed by atoms with Crippen LogP contribution in [-0.4, -0.2) is 29.1 Å². The molecule has 1 atom stereocenters. The summed E-state index contributed by atoms with van der Waals surface area (Å²) in [6.45, 7) is 1.65. The van der Waals surface area contributed by atoms with Crippen LogP contribution in [0.1, 0.15) is 22.9 Å². The van der Waals surface area contributed by atoms with E-state index in [1.165, 1.54) is 37.4 Å². The minimum Gasteiger partial charge on any atom is -0.507 e. The molecule has 1 aliphatic rings. The Morgan fingerprint density at radius 2 is 1.80 bits per heavy atom. The summed E-state index contributed by atoms with van der Waals surface area (Å²) in [4.78, 5) is 26.9. The van der Waals surface area contributed by atoms with Gasteiger partial charge in [0.2, 0.25) is 0 Å². The lowest BCUT2D eigenvalue weighted by molar-refractivity contribution is -0.132. The van der Waals surface area contributed by atoms with Gasteiger partial charge in [0.25, 0.3) is 5.78 Å². The number of aromatic nitrogens is 1. The Bertz CT molecular complexity index is 1150. The molecule has 1 N–H and O–H groups in total. The zero-order valence-electron chi connectivity index (χ0n) is 16.1. The van der Waals surface area contributed by atoms with Crippen LogP contribution in [0.4, 0.5) is 10.2 Å². The number of aliphatic hydroxyl groups is 1. The Hall–Kier alpha value is -3.94. The lowest BCUT2D eigenvalue weighted by atomic mass is 9.95. The molecule has 0 saturated carbocycles. The van der Waals surface area contributed by atoms with Gasteiger partial charge in [-0.05, 0) is 48.9 Å². The molecule has 1 aromatic heterocycles. The number of amides is 1. The molecule has 7 nitrogen and oxygen atoms in total. The number of ether oxygens (including phenoxy) is 1. The van der Waals surface area contributed by atoms with Crippen molar-refractivity contribution in [3.8, 4) is 5.75 Å². The van der Waals surface area contributed by atoms with Gasteiger partial charge in [-0.3, -0.25) is 14.5 Å². The van der Waals surface area contributed by atoms with E-state index in [1.54, 1.807) is 31.2 Å². The molecule has 30 heavy (non-hydrogen) atoms. The number of aryl methyl sites for hydroxylation is 1. The Kier molecular flexibility index (Phi) is 4.83. The summed E-state index contributed by atoms with van der Waals surface area (Å²) in [5, 5.41) is 14.8. The SMILES string of the molecule is COc1ccc(C(O)=C2C(=O)C(=O)N(c3cc(C)on3)C2c2ccc(F)cc2)cc1. The third-order valence-electron chi connectivity index (χ3n) is 4.86. The molecule has 2 heterocycles. The fourth-order valence-electron chi connectivity index (χ4n) is 3.40. The van der Waals surface area contributed by atoms with Crippen LogP contribution in [-0.2, 0) is 9.59 Å². The van der Waals surface area contributed by atoms with Gasteiger partial charge in [0, 0.05) is 11.6 Å². The summed E-state index contributed by atoms with van der Waals surface area (Å²) in [5.74, 6) is -1.43. The molecule has 0 bridgehead atoms. The van der Waals surface area contributed by atoms with Gasteiger partial charge in [-0.1, -0.05) is 17.3 Å². The van der Waals surface area contributed by atoms with E-state index in [0.29, 0.717) is 22.6 Å². The highest BCUT2D eigenvalue weighted by molar-refractivity contribution is 6.51. The number of carbonyl (C=O) groups excluding carboxylic acids is 2. The first-order valence-electron chi connectivity index (χ1n) is 9.05. The van der Waals surface area contributed by atoms with Crippen LogP contribution in [0.3, 0.4) is 0 Å². The molecule has 8 heteroatoms. The van der Waals surface area contributed by atoms with Crippen LogP contribution in [0.5, 0.6) is 5.75 Å². The second kappa shape index (κ2) is 7.47. The molecule has 2 aromatic carbocycles. The quantitative estimate of drug-likeness (QED) is 0.401. The minimum absolute atomic E-state index is 0.123. The third-order valence-corrected chi connectivity index (χ3v) is 4.86. The molecule has 0 aliphatic carbocycles. The van der Waals surface area contributed by atoms with Crippen molar-refractivity contribution in [3.63, 3.8) is 0 Å². The van der Waals surface area contributed by atoms with E-state index in [-0.39, 0.29) is 17.2 Å². The number of halogens is 1. The van der Waals surface area contributed by atoms with Crippen molar-refractivity contribution in [1.82, 2.24) is 5.16 Å². The number of ketones is 1. The molecule has 1 unspecified atom stereocenters. The maximum Gasteiger partial charge on any atom is 0.301 e. The second-order valence-electron chi connectivity index (χ2n) is 6.74. The summed E-state index contributed by atoms with van der Waals surface area (Å²) in [6.07, 6.45) is 0. The molecule has 1 amide bonds. The zero-order valence-corrected chi connectivity index (χ0v) is 16.1. The third kappa shape index (κ3) is 3.22. The average molecular weight is 408 g/mol.